The third-order valence-electron chi connectivity index (χ3n) is 5.67. The maximum Gasteiger partial charge on any atom is 0.137 e. The zero-order chi connectivity index (χ0) is 14.8. The number of hydrogen-bond donors (Lipinski definition) is 1. The summed E-state index contributed by atoms with van der Waals surface area (Å²) in [6.07, 6.45) is 9.75. The van der Waals surface area contributed by atoms with E-state index in [2.05, 4.69) is 21.2 Å². The Morgan fingerprint density at radius 3 is 2.62 bits per heavy atom. The van der Waals surface area contributed by atoms with E-state index in [0.29, 0.717) is 16.4 Å². The van der Waals surface area contributed by atoms with Crippen molar-refractivity contribution < 1.29 is 4.39 Å². The molecule has 0 bridgehead atoms. The number of halogens is 2. The third kappa shape index (κ3) is 3.34. The quantitative estimate of drug-likeness (QED) is 0.761. The Morgan fingerprint density at radius 2 is 1.90 bits per heavy atom. The average molecular weight is 354 g/mol. The molecule has 1 N–H and O–H groups in total. The number of hydrogen-bond acceptors (Lipinski definition) is 1. The third-order valence-corrected chi connectivity index (χ3v) is 6.27. The maximum atomic E-state index is 13.5. The van der Waals surface area contributed by atoms with Gasteiger partial charge in [-0.2, -0.15) is 0 Å². The van der Waals surface area contributed by atoms with Crippen LogP contribution in [-0.2, 0) is 0 Å². The molecule has 0 radical (unpaired) electrons. The molecule has 0 saturated heterocycles. The van der Waals surface area contributed by atoms with Crippen LogP contribution in [0.3, 0.4) is 0 Å². The van der Waals surface area contributed by atoms with Crippen LogP contribution in [0.5, 0.6) is 0 Å². The molecule has 0 spiro atoms. The second-order valence-electron chi connectivity index (χ2n) is 6.82. The highest BCUT2D eigenvalue weighted by Gasteiger charge is 2.35. The molecule has 21 heavy (non-hydrogen) atoms. The van der Waals surface area contributed by atoms with Gasteiger partial charge in [-0.05, 0) is 77.7 Å². The van der Waals surface area contributed by atoms with Crippen molar-refractivity contribution in [2.75, 3.05) is 7.05 Å². The summed E-state index contributed by atoms with van der Waals surface area (Å²) in [5.74, 6) is 2.42. The summed E-state index contributed by atoms with van der Waals surface area (Å²) in [5, 5.41) is 3.49. The highest BCUT2D eigenvalue weighted by Crippen LogP contribution is 2.46. The minimum absolute atomic E-state index is 0.176. The van der Waals surface area contributed by atoms with E-state index >= 15 is 0 Å². The fourth-order valence-electron chi connectivity index (χ4n) is 4.59. The fraction of sp³-hybridized carbons (Fsp3) is 0.667. The van der Waals surface area contributed by atoms with Crippen LogP contribution in [0.4, 0.5) is 4.39 Å². The molecule has 3 rings (SSSR count). The van der Waals surface area contributed by atoms with Gasteiger partial charge in [0.25, 0.3) is 0 Å². The molecule has 3 heteroatoms. The van der Waals surface area contributed by atoms with Crippen LogP contribution in [0.2, 0.25) is 0 Å². The number of benzene rings is 1. The van der Waals surface area contributed by atoms with Crippen LogP contribution >= 0.6 is 15.9 Å². The standard InChI is InChI=1S/C18H25BrFN/c1-21-18(15-8-9-17(20)16(19)11-15)14-7-6-12-4-2-3-5-13(12)10-14/h8-9,11-14,18,21H,2-7,10H2,1H3. The Morgan fingerprint density at radius 1 is 1.14 bits per heavy atom. The average Bonchev–Trinajstić information content (AvgIpc) is 2.51. The van der Waals surface area contributed by atoms with Crippen LogP contribution in [0.25, 0.3) is 0 Å². The lowest BCUT2D eigenvalue weighted by Crippen LogP contribution is -2.34. The number of rotatable bonds is 3. The first kappa shape index (κ1) is 15.5. The SMILES string of the molecule is CNC(c1ccc(F)c(Br)c1)C1CCC2CCCCC2C1. The van der Waals surface area contributed by atoms with Gasteiger partial charge in [-0.15, -0.1) is 0 Å². The Bertz CT molecular complexity index is 490. The van der Waals surface area contributed by atoms with E-state index < -0.39 is 0 Å². The molecule has 2 aliphatic rings. The molecule has 4 atom stereocenters. The summed E-state index contributed by atoms with van der Waals surface area (Å²) in [4.78, 5) is 0. The first-order valence-electron chi connectivity index (χ1n) is 8.31. The van der Waals surface area contributed by atoms with E-state index in [-0.39, 0.29) is 5.82 Å². The Kier molecular flexibility index (Phi) is 5.00. The van der Waals surface area contributed by atoms with Gasteiger partial charge in [0.05, 0.1) is 4.47 Å². The van der Waals surface area contributed by atoms with Crippen LogP contribution in [-0.4, -0.2) is 7.05 Å². The van der Waals surface area contributed by atoms with Gasteiger partial charge in [0, 0.05) is 6.04 Å². The monoisotopic (exact) mass is 353 g/mol. The second-order valence-corrected chi connectivity index (χ2v) is 7.67. The normalized spacial score (nSPS) is 30.7. The molecule has 4 unspecified atom stereocenters. The van der Waals surface area contributed by atoms with Crippen molar-refractivity contribution in [1.29, 1.82) is 0 Å². The largest absolute Gasteiger partial charge is 0.313 e. The summed E-state index contributed by atoms with van der Waals surface area (Å²) in [6.45, 7) is 0. The second kappa shape index (κ2) is 6.78. The Hall–Kier alpha value is -0.410. The lowest BCUT2D eigenvalue weighted by molar-refractivity contribution is 0.111. The van der Waals surface area contributed by atoms with E-state index in [1.807, 2.05) is 19.2 Å². The molecule has 0 aliphatic heterocycles. The first-order valence-corrected chi connectivity index (χ1v) is 9.10. The molecule has 2 saturated carbocycles. The molecule has 0 amide bonds. The topological polar surface area (TPSA) is 12.0 Å². The predicted octanol–water partition coefficient (Wildman–Crippen LogP) is 5.46. The van der Waals surface area contributed by atoms with Crippen molar-refractivity contribution >= 4 is 15.9 Å². The van der Waals surface area contributed by atoms with Gasteiger partial charge in [-0.25, -0.2) is 4.39 Å². The van der Waals surface area contributed by atoms with Crippen molar-refractivity contribution in [3.63, 3.8) is 0 Å². The molecule has 0 heterocycles. The Balaban J connectivity index is 1.75. The minimum atomic E-state index is -0.176. The van der Waals surface area contributed by atoms with Crippen LogP contribution in [0.15, 0.2) is 22.7 Å². The Labute approximate surface area is 135 Å². The summed E-state index contributed by atoms with van der Waals surface area (Å²) in [5.41, 5.74) is 1.21. The van der Waals surface area contributed by atoms with Gasteiger partial charge in [0.2, 0.25) is 0 Å². The lowest BCUT2D eigenvalue weighted by Gasteiger charge is -2.42. The molecule has 1 aromatic carbocycles. The molecule has 1 nitrogen and oxygen atoms in total. The summed E-state index contributed by atoms with van der Waals surface area (Å²) >= 11 is 3.32. The van der Waals surface area contributed by atoms with Crippen LogP contribution in [0, 0.1) is 23.6 Å². The van der Waals surface area contributed by atoms with Gasteiger partial charge in [-0.3, -0.25) is 0 Å². The van der Waals surface area contributed by atoms with Gasteiger partial charge in [-0.1, -0.05) is 31.7 Å². The predicted molar refractivity (Wildman–Crippen MR) is 88.7 cm³/mol. The summed E-state index contributed by atoms with van der Waals surface area (Å²) in [6, 6.07) is 5.82. The van der Waals surface area contributed by atoms with Crippen LogP contribution < -0.4 is 5.32 Å². The molecular weight excluding hydrogens is 329 g/mol. The van der Waals surface area contributed by atoms with Crippen molar-refractivity contribution in [3.8, 4) is 0 Å². The number of fused-ring (bicyclic) bond motifs is 1. The van der Waals surface area contributed by atoms with Crippen molar-refractivity contribution in [2.24, 2.45) is 17.8 Å². The highest BCUT2D eigenvalue weighted by atomic mass is 79.9. The smallest absolute Gasteiger partial charge is 0.137 e. The minimum Gasteiger partial charge on any atom is -0.313 e. The molecular formula is C18H25BrFN. The first-order chi connectivity index (χ1) is 10.2. The zero-order valence-corrected chi connectivity index (χ0v) is 14.3. The summed E-state index contributed by atoms with van der Waals surface area (Å²) in [7, 11) is 2.04. The highest BCUT2D eigenvalue weighted by molar-refractivity contribution is 9.10. The van der Waals surface area contributed by atoms with Gasteiger partial charge < -0.3 is 5.32 Å². The fourth-order valence-corrected chi connectivity index (χ4v) is 4.99. The van der Waals surface area contributed by atoms with Gasteiger partial charge in [0.1, 0.15) is 5.82 Å². The van der Waals surface area contributed by atoms with E-state index in [1.165, 1.54) is 50.5 Å². The number of nitrogens with one attached hydrogen (secondary N) is 1. The maximum absolute atomic E-state index is 13.5. The van der Waals surface area contributed by atoms with Crippen molar-refractivity contribution in [2.45, 2.75) is 51.0 Å². The van der Waals surface area contributed by atoms with Gasteiger partial charge >= 0.3 is 0 Å². The van der Waals surface area contributed by atoms with Crippen molar-refractivity contribution in [1.82, 2.24) is 5.32 Å². The molecule has 0 aromatic heterocycles. The van der Waals surface area contributed by atoms with E-state index in [0.717, 1.165) is 11.8 Å². The summed E-state index contributed by atoms with van der Waals surface area (Å²) < 4.78 is 14.0. The lowest BCUT2D eigenvalue weighted by atomic mass is 9.65. The molecule has 2 aliphatic carbocycles. The zero-order valence-electron chi connectivity index (χ0n) is 12.7. The molecule has 116 valence electrons. The van der Waals surface area contributed by atoms with Crippen LogP contribution in [0.1, 0.15) is 56.6 Å². The van der Waals surface area contributed by atoms with Gasteiger partial charge in [0.15, 0.2) is 0 Å². The van der Waals surface area contributed by atoms with E-state index in [1.54, 1.807) is 6.07 Å². The molecule has 1 aromatic rings. The molecule has 2 fully saturated rings. The van der Waals surface area contributed by atoms with E-state index in [4.69, 9.17) is 0 Å². The van der Waals surface area contributed by atoms with E-state index in [9.17, 15) is 4.39 Å². The van der Waals surface area contributed by atoms with Crippen molar-refractivity contribution in [3.05, 3.63) is 34.1 Å².